The monoisotopic (exact) mass is 315 g/mol. The van der Waals surface area contributed by atoms with Crippen molar-refractivity contribution in [2.75, 3.05) is 19.8 Å². The molecule has 0 amide bonds. The molecule has 2 N–H and O–H groups in total. The predicted octanol–water partition coefficient (Wildman–Crippen LogP) is 3.68. The number of benzene rings is 1. The molecule has 1 saturated carbocycles. The number of phenolic OH excluding ortho intramolecular Hbond substituents is 1. The van der Waals surface area contributed by atoms with Crippen LogP contribution < -0.4 is 5.32 Å². The fourth-order valence-corrected chi connectivity index (χ4v) is 4.46. The van der Waals surface area contributed by atoms with Crippen LogP contribution in [-0.2, 0) is 6.42 Å². The lowest BCUT2D eigenvalue weighted by atomic mass is 10.1. The Morgan fingerprint density at radius 3 is 2.60 bits per heavy atom. The van der Waals surface area contributed by atoms with E-state index in [2.05, 4.69) is 37.0 Å². The molecule has 4 heteroatoms. The maximum absolute atomic E-state index is 9.43. The SMILES string of the molecule is CC(C)CSC1C2Cc3cc(O)ccc3C21.CNC.Cl. The standard InChI is InChI=1S/C14H18OS.C2H7N.ClH/c1-8(2)7-16-14-12-6-9-5-10(15)3-4-11(9)13(12)14;1-3-2;/h3-5,8,12-15H,6-7H2,1-2H3;3H,1-2H3;1H. The van der Waals surface area contributed by atoms with Crippen LogP contribution in [0.4, 0.5) is 0 Å². The fourth-order valence-electron chi connectivity index (χ4n) is 2.87. The first-order valence-corrected chi connectivity index (χ1v) is 8.15. The third kappa shape index (κ3) is 3.84. The van der Waals surface area contributed by atoms with Crippen molar-refractivity contribution in [2.45, 2.75) is 31.4 Å². The molecule has 3 unspecified atom stereocenters. The lowest BCUT2D eigenvalue weighted by molar-refractivity contribution is 0.474. The van der Waals surface area contributed by atoms with Crippen molar-refractivity contribution in [3.05, 3.63) is 29.3 Å². The predicted molar refractivity (Wildman–Crippen MR) is 91.4 cm³/mol. The van der Waals surface area contributed by atoms with Crippen molar-refractivity contribution in [3.63, 3.8) is 0 Å². The van der Waals surface area contributed by atoms with Crippen LogP contribution in [0.25, 0.3) is 0 Å². The molecule has 0 aromatic heterocycles. The first-order chi connectivity index (χ1) is 9.08. The highest BCUT2D eigenvalue weighted by Gasteiger charge is 2.55. The summed E-state index contributed by atoms with van der Waals surface area (Å²) in [6, 6.07) is 5.92. The Balaban J connectivity index is 0.000000462. The Bertz CT molecular complexity index is 438. The van der Waals surface area contributed by atoms with Crippen molar-refractivity contribution in [1.29, 1.82) is 0 Å². The Morgan fingerprint density at radius 2 is 2.00 bits per heavy atom. The molecular weight excluding hydrogens is 290 g/mol. The number of hydrogen-bond donors (Lipinski definition) is 2. The van der Waals surface area contributed by atoms with Crippen LogP contribution in [0.15, 0.2) is 18.2 Å². The van der Waals surface area contributed by atoms with Crippen LogP contribution in [-0.4, -0.2) is 30.2 Å². The van der Waals surface area contributed by atoms with E-state index in [0.29, 0.717) is 5.75 Å². The van der Waals surface area contributed by atoms with Gasteiger partial charge in [-0.15, -0.1) is 12.4 Å². The minimum Gasteiger partial charge on any atom is -0.508 e. The van der Waals surface area contributed by atoms with Crippen LogP contribution in [0, 0.1) is 11.8 Å². The van der Waals surface area contributed by atoms with Gasteiger partial charge in [-0.3, -0.25) is 0 Å². The van der Waals surface area contributed by atoms with E-state index in [1.807, 2.05) is 26.2 Å². The van der Waals surface area contributed by atoms with Crippen LogP contribution in [0.2, 0.25) is 0 Å². The second-order valence-electron chi connectivity index (χ2n) is 5.97. The molecular formula is C16H26ClNOS. The highest BCUT2D eigenvalue weighted by molar-refractivity contribution is 8.00. The highest BCUT2D eigenvalue weighted by Crippen LogP contribution is 2.62. The number of halogens is 1. The van der Waals surface area contributed by atoms with Gasteiger partial charge in [-0.05, 0) is 61.4 Å². The van der Waals surface area contributed by atoms with Gasteiger partial charge in [0.2, 0.25) is 0 Å². The smallest absolute Gasteiger partial charge is 0.115 e. The zero-order chi connectivity index (χ0) is 14.0. The Morgan fingerprint density at radius 1 is 1.35 bits per heavy atom. The van der Waals surface area contributed by atoms with E-state index in [0.717, 1.165) is 23.0 Å². The molecule has 0 bridgehead atoms. The van der Waals surface area contributed by atoms with E-state index < -0.39 is 0 Å². The van der Waals surface area contributed by atoms with E-state index in [-0.39, 0.29) is 12.4 Å². The number of hydrogen-bond acceptors (Lipinski definition) is 3. The third-order valence-corrected chi connectivity index (χ3v) is 5.55. The molecule has 2 aliphatic carbocycles. The zero-order valence-corrected chi connectivity index (χ0v) is 14.4. The molecule has 0 radical (unpaired) electrons. The van der Waals surface area contributed by atoms with Gasteiger partial charge in [-0.25, -0.2) is 0 Å². The van der Waals surface area contributed by atoms with Crippen molar-refractivity contribution in [3.8, 4) is 5.75 Å². The van der Waals surface area contributed by atoms with Gasteiger partial charge in [0.05, 0.1) is 0 Å². The maximum atomic E-state index is 9.43. The van der Waals surface area contributed by atoms with Gasteiger partial charge in [0, 0.05) is 11.2 Å². The van der Waals surface area contributed by atoms with Crippen LogP contribution in [0.5, 0.6) is 5.75 Å². The van der Waals surface area contributed by atoms with Crippen molar-refractivity contribution in [1.82, 2.24) is 5.32 Å². The molecule has 0 spiro atoms. The Labute approximate surface area is 133 Å². The summed E-state index contributed by atoms with van der Waals surface area (Å²) in [6.07, 6.45) is 1.18. The molecule has 3 rings (SSSR count). The summed E-state index contributed by atoms with van der Waals surface area (Å²) in [5, 5.41) is 13.0. The number of rotatable bonds is 3. The quantitative estimate of drug-likeness (QED) is 0.892. The number of nitrogens with one attached hydrogen (secondary N) is 1. The lowest BCUT2D eigenvalue weighted by Crippen LogP contribution is -1.98. The average molecular weight is 316 g/mol. The number of aromatic hydroxyl groups is 1. The number of fused-ring (bicyclic) bond motifs is 3. The second-order valence-corrected chi connectivity index (χ2v) is 7.18. The largest absolute Gasteiger partial charge is 0.508 e. The van der Waals surface area contributed by atoms with Gasteiger partial charge in [0.1, 0.15) is 5.75 Å². The number of phenols is 1. The van der Waals surface area contributed by atoms with Gasteiger partial charge in [-0.2, -0.15) is 11.8 Å². The van der Waals surface area contributed by atoms with Crippen LogP contribution in [0.3, 0.4) is 0 Å². The molecule has 1 fully saturated rings. The molecule has 1 aromatic rings. The molecule has 114 valence electrons. The summed E-state index contributed by atoms with van der Waals surface area (Å²) in [4.78, 5) is 0. The first kappa shape index (κ1) is 17.7. The summed E-state index contributed by atoms with van der Waals surface area (Å²) in [7, 11) is 3.75. The summed E-state index contributed by atoms with van der Waals surface area (Å²) >= 11 is 2.15. The Kier molecular flexibility index (Phi) is 6.70. The van der Waals surface area contributed by atoms with Gasteiger partial charge < -0.3 is 10.4 Å². The molecule has 2 nitrogen and oxygen atoms in total. The summed E-state index contributed by atoms with van der Waals surface area (Å²) in [5.74, 6) is 4.15. The van der Waals surface area contributed by atoms with Crippen LogP contribution in [0.1, 0.15) is 30.9 Å². The van der Waals surface area contributed by atoms with Gasteiger partial charge >= 0.3 is 0 Å². The van der Waals surface area contributed by atoms with Gasteiger partial charge in [0.15, 0.2) is 0 Å². The van der Waals surface area contributed by atoms with Crippen LogP contribution >= 0.6 is 24.2 Å². The molecule has 0 heterocycles. The first-order valence-electron chi connectivity index (χ1n) is 7.10. The van der Waals surface area contributed by atoms with E-state index >= 15 is 0 Å². The molecule has 0 aliphatic heterocycles. The van der Waals surface area contributed by atoms with Gasteiger partial charge in [-0.1, -0.05) is 19.9 Å². The molecule has 20 heavy (non-hydrogen) atoms. The lowest BCUT2D eigenvalue weighted by Gasteiger charge is -2.09. The van der Waals surface area contributed by atoms with Gasteiger partial charge in [0.25, 0.3) is 0 Å². The minimum atomic E-state index is 0. The molecule has 2 aliphatic rings. The van der Waals surface area contributed by atoms with Crippen molar-refractivity contribution >= 4 is 24.2 Å². The van der Waals surface area contributed by atoms with Crippen molar-refractivity contribution < 1.29 is 5.11 Å². The summed E-state index contributed by atoms with van der Waals surface area (Å²) < 4.78 is 0. The third-order valence-electron chi connectivity index (χ3n) is 3.66. The summed E-state index contributed by atoms with van der Waals surface area (Å²) in [6.45, 7) is 4.58. The highest BCUT2D eigenvalue weighted by atomic mass is 35.5. The zero-order valence-electron chi connectivity index (χ0n) is 12.7. The Hall–Kier alpha value is -0.380. The molecule has 0 saturated heterocycles. The molecule has 3 atom stereocenters. The number of thioether (sulfide) groups is 1. The normalized spacial score (nSPS) is 25.1. The average Bonchev–Trinajstić information content (AvgIpc) is 2.88. The van der Waals surface area contributed by atoms with E-state index in [9.17, 15) is 5.11 Å². The maximum Gasteiger partial charge on any atom is 0.115 e. The topological polar surface area (TPSA) is 32.3 Å². The van der Waals surface area contributed by atoms with Crippen molar-refractivity contribution in [2.24, 2.45) is 11.8 Å². The van der Waals surface area contributed by atoms with E-state index in [1.165, 1.54) is 23.3 Å². The van der Waals surface area contributed by atoms with E-state index in [1.54, 1.807) is 0 Å². The molecule has 1 aromatic carbocycles. The van der Waals surface area contributed by atoms with E-state index in [4.69, 9.17) is 0 Å². The fraction of sp³-hybridized carbons (Fsp3) is 0.625. The second kappa shape index (κ2) is 7.58. The summed E-state index contributed by atoms with van der Waals surface area (Å²) in [5.41, 5.74) is 2.89. The minimum absolute atomic E-state index is 0.